The topological polar surface area (TPSA) is 89.8 Å². The number of nitrogens with zero attached hydrogens (tertiary/aromatic N) is 2. The number of fused-ring (bicyclic) bond motifs is 3. The van der Waals surface area contributed by atoms with E-state index in [9.17, 15) is 14.4 Å². The van der Waals surface area contributed by atoms with Crippen molar-refractivity contribution >= 4 is 33.9 Å². The number of carbonyl (C=O) groups is 2. The number of ether oxygens (including phenoxy) is 1. The van der Waals surface area contributed by atoms with Gasteiger partial charge in [-0.1, -0.05) is 19.9 Å². The molecule has 2 heterocycles. The van der Waals surface area contributed by atoms with Crippen LogP contribution in [0, 0.1) is 5.92 Å². The molecule has 3 aromatic rings. The lowest BCUT2D eigenvalue weighted by Crippen LogP contribution is -2.21. The Morgan fingerprint density at radius 3 is 2.75 bits per heavy atom. The zero-order valence-electron chi connectivity index (χ0n) is 18.3. The Balaban J connectivity index is 1.45. The molecule has 0 fully saturated rings. The van der Waals surface area contributed by atoms with Crippen LogP contribution < -0.4 is 10.9 Å². The third kappa shape index (κ3) is 4.60. The zero-order chi connectivity index (χ0) is 22.7. The summed E-state index contributed by atoms with van der Waals surface area (Å²) in [7, 11) is 0. The monoisotopic (exact) mass is 453 g/mol. The van der Waals surface area contributed by atoms with Crippen molar-refractivity contribution in [3.8, 4) is 0 Å². The smallest absolute Gasteiger partial charge is 0.338 e. The standard InChI is InChI=1S/C24H27N3O4S/c1-3-15(4-2)22(29)25-17-9-7-8-16(12-17)23(30)31-14-18-13-21(28)27-19-10-5-6-11-20(19)32-24(27)26-18/h7-9,12-13,15H,3-6,10-11,14H2,1-2H3,(H,25,29). The number of benzene rings is 1. The molecule has 168 valence electrons. The van der Waals surface area contributed by atoms with E-state index >= 15 is 0 Å². The highest BCUT2D eigenvalue weighted by Gasteiger charge is 2.19. The molecule has 1 amide bonds. The van der Waals surface area contributed by atoms with E-state index < -0.39 is 5.97 Å². The van der Waals surface area contributed by atoms with Crippen molar-refractivity contribution in [2.45, 2.75) is 59.0 Å². The second-order valence-electron chi connectivity index (χ2n) is 8.04. The Hall–Kier alpha value is -3.00. The summed E-state index contributed by atoms with van der Waals surface area (Å²) in [6, 6.07) is 8.11. The first-order chi connectivity index (χ1) is 15.5. The second kappa shape index (κ2) is 9.65. The lowest BCUT2D eigenvalue weighted by atomic mass is 10.0. The van der Waals surface area contributed by atoms with E-state index in [1.165, 1.54) is 10.9 Å². The van der Waals surface area contributed by atoms with Crippen molar-refractivity contribution in [1.82, 2.24) is 9.38 Å². The van der Waals surface area contributed by atoms with Gasteiger partial charge in [0, 0.05) is 28.2 Å². The van der Waals surface area contributed by atoms with E-state index in [1.54, 1.807) is 40.0 Å². The average Bonchev–Trinajstić information content (AvgIpc) is 3.17. The fourth-order valence-corrected chi connectivity index (χ4v) is 5.30. The number of hydrogen-bond donors (Lipinski definition) is 1. The van der Waals surface area contributed by atoms with Crippen molar-refractivity contribution in [3.63, 3.8) is 0 Å². The van der Waals surface area contributed by atoms with E-state index in [-0.39, 0.29) is 24.0 Å². The summed E-state index contributed by atoms with van der Waals surface area (Å²) in [5.74, 6) is -0.651. The summed E-state index contributed by atoms with van der Waals surface area (Å²) >= 11 is 1.54. The molecule has 1 N–H and O–H groups in total. The van der Waals surface area contributed by atoms with Gasteiger partial charge in [0.2, 0.25) is 5.91 Å². The van der Waals surface area contributed by atoms with E-state index in [0.29, 0.717) is 21.9 Å². The van der Waals surface area contributed by atoms with Crippen LogP contribution in [0.3, 0.4) is 0 Å². The van der Waals surface area contributed by atoms with Crippen LogP contribution in [-0.2, 0) is 29.0 Å². The van der Waals surface area contributed by atoms with Gasteiger partial charge in [0.1, 0.15) is 6.61 Å². The largest absolute Gasteiger partial charge is 0.456 e. The molecule has 0 saturated carbocycles. The molecule has 8 heteroatoms. The van der Waals surface area contributed by atoms with Gasteiger partial charge in [-0.25, -0.2) is 9.78 Å². The third-order valence-corrected chi connectivity index (χ3v) is 7.03. The number of carbonyl (C=O) groups excluding carboxylic acids is 2. The summed E-state index contributed by atoms with van der Waals surface area (Å²) in [6.07, 6.45) is 5.62. The molecule has 7 nitrogen and oxygen atoms in total. The predicted molar refractivity (Wildman–Crippen MR) is 124 cm³/mol. The molecular formula is C24H27N3O4S. The van der Waals surface area contributed by atoms with Gasteiger partial charge in [0.15, 0.2) is 4.96 Å². The Kier molecular flexibility index (Phi) is 6.69. The van der Waals surface area contributed by atoms with Crippen LogP contribution in [0.2, 0.25) is 0 Å². The maximum Gasteiger partial charge on any atom is 0.338 e. The Bertz CT molecular complexity index is 1210. The van der Waals surface area contributed by atoms with Crippen LogP contribution in [-0.4, -0.2) is 21.3 Å². The number of aromatic nitrogens is 2. The van der Waals surface area contributed by atoms with Gasteiger partial charge in [-0.2, -0.15) is 0 Å². The van der Waals surface area contributed by atoms with E-state index in [1.807, 2.05) is 13.8 Å². The van der Waals surface area contributed by atoms with Gasteiger partial charge in [-0.3, -0.25) is 14.0 Å². The summed E-state index contributed by atoms with van der Waals surface area (Å²) in [5, 5.41) is 2.86. The minimum absolute atomic E-state index is 0.0582. The van der Waals surface area contributed by atoms with Crippen molar-refractivity contribution in [1.29, 1.82) is 0 Å². The first-order valence-corrected chi connectivity index (χ1v) is 11.9. The van der Waals surface area contributed by atoms with Crippen LogP contribution in [0.15, 0.2) is 35.1 Å². The van der Waals surface area contributed by atoms with Gasteiger partial charge < -0.3 is 10.1 Å². The molecule has 4 rings (SSSR count). The molecule has 1 aliphatic carbocycles. The molecule has 0 spiro atoms. The first-order valence-electron chi connectivity index (χ1n) is 11.1. The fraction of sp³-hybridized carbons (Fsp3) is 0.417. The van der Waals surface area contributed by atoms with E-state index in [4.69, 9.17) is 4.74 Å². The van der Waals surface area contributed by atoms with Crippen LogP contribution in [0.4, 0.5) is 5.69 Å². The Labute approximate surface area is 190 Å². The van der Waals surface area contributed by atoms with E-state index in [2.05, 4.69) is 10.3 Å². The molecule has 0 radical (unpaired) electrons. The van der Waals surface area contributed by atoms with Crippen molar-refractivity contribution in [2.24, 2.45) is 5.92 Å². The summed E-state index contributed by atoms with van der Waals surface area (Å²) in [4.78, 5) is 44.0. The van der Waals surface area contributed by atoms with E-state index in [0.717, 1.165) is 44.2 Å². The van der Waals surface area contributed by atoms with Gasteiger partial charge in [0.05, 0.1) is 11.3 Å². The third-order valence-electron chi connectivity index (χ3n) is 5.89. The zero-order valence-corrected chi connectivity index (χ0v) is 19.2. The molecule has 0 aliphatic heterocycles. The first kappa shape index (κ1) is 22.2. The normalized spacial score (nSPS) is 13.2. The lowest BCUT2D eigenvalue weighted by Gasteiger charge is -2.13. The maximum atomic E-state index is 12.6. The fourth-order valence-electron chi connectivity index (χ4n) is 4.07. The molecule has 1 aromatic carbocycles. The number of esters is 1. The van der Waals surface area contributed by atoms with Crippen molar-refractivity contribution in [2.75, 3.05) is 5.32 Å². The molecule has 32 heavy (non-hydrogen) atoms. The highest BCUT2D eigenvalue weighted by atomic mass is 32.1. The molecule has 0 atom stereocenters. The number of hydrogen-bond acceptors (Lipinski definition) is 6. The number of aryl methyl sites for hydroxylation is 2. The molecular weight excluding hydrogens is 426 g/mol. The van der Waals surface area contributed by atoms with Gasteiger partial charge in [-0.15, -0.1) is 11.3 Å². The Morgan fingerprint density at radius 2 is 1.97 bits per heavy atom. The predicted octanol–water partition coefficient (Wildman–Crippen LogP) is 4.37. The molecule has 1 aliphatic rings. The SMILES string of the molecule is CCC(CC)C(=O)Nc1cccc(C(=O)OCc2cc(=O)n3c4c(sc3n2)CCCC4)c1. The minimum atomic E-state index is -0.531. The highest BCUT2D eigenvalue weighted by molar-refractivity contribution is 7.17. The number of amides is 1. The van der Waals surface area contributed by atoms with Crippen molar-refractivity contribution < 1.29 is 14.3 Å². The summed E-state index contributed by atoms with van der Waals surface area (Å²) < 4.78 is 7.10. The molecule has 0 saturated heterocycles. The number of thiazole rings is 1. The average molecular weight is 454 g/mol. The molecule has 2 aromatic heterocycles. The van der Waals surface area contributed by atoms with Crippen LogP contribution >= 0.6 is 11.3 Å². The van der Waals surface area contributed by atoms with Crippen LogP contribution in [0.25, 0.3) is 4.96 Å². The van der Waals surface area contributed by atoms with Crippen molar-refractivity contribution in [3.05, 3.63) is 62.5 Å². The molecule has 0 bridgehead atoms. The summed E-state index contributed by atoms with van der Waals surface area (Å²) in [5.41, 5.74) is 2.26. The molecule has 0 unspecified atom stereocenters. The number of rotatable bonds is 7. The van der Waals surface area contributed by atoms with Gasteiger partial charge in [0.25, 0.3) is 5.56 Å². The number of nitrogens with one attached hydrogen (secondary N) is 1. The van der Waals surface area contributed by atoms with Gasteiger partial charge in [-0.05, 0) is 56.7 Å². The van der Waals surface area contributed by atoms with Crippen LogP contribution in [0.1, 0.15) is 66.2 Å². The highest BCUT2D eigenvalue weighted by Crippen LogP contribution is 2.28. The quantitative estimate of drug-likeness (QED) is 0.537. The Morgan fingerprint density at radius 1 is 1.19 bits per heavy atom. The van der Waals surface area contributed by atoms with Crippen LogP contribution in [0.5, 0.6) is 0 Å². The second-order valence-corrected chi connectivity index (χ2v) is 9.10. The van der Waals surface area contributed by atoms with Gasteiger partial charge >= 0.3 is 5.97 Å². The minimum Gasteiger partial charge on any atom is -0.456 e. The lowest BCUT2D eigenvalue weighted by molar-refractivity contribution is -0.120. The maximum absolute atomic E-state index is 12.6. The summed E-state index contributed by atoms with van der Waals surface area (Å²) in [6.45, 7) is 3.87. The number of anilines is 1.